The average Bonchev–Trinajstić information content (AvgIpc) is 3.22. The molecular formula is C18H13ClN4O. The Bertz CT molecular complexity index is 977. The molecule has 0 amide bonds. The number of aromatic nitrogens is 4. The maximum absolute atomic E-state index is 6.43. The summed E-state index contributed by atoms with van der Waals surface area (Å²) in [5, 5.41) is 13.3. The summed E-state index contributed by atoms with van der Waals surface area (Å²) in [6.45, 7) is 0. The Balaban J connectivity index is 1.85. The molecule has 5 nitrogen and oxygen atoms in total. The minimum atomic E-state index is 0.353. The molecule has 0 spiro atoms. The lowest BCUT2D eigenvalue weighted by Gasteiger charge is -1.99. The molecule has 0 saturated carbocycles. The van der Waals surface area contributed by atoms with E-state index in [-0.39, 0.29) is 0 Å². The summed E-state index contributed by atoms with van der Waals surface area (Å²) < 4.78 is 7.45. The first-order valence-electron chi connectivity index (χ1n) is 7.41. The molecule has 0 unspecified atom stereocenters. The number of hydrogen-bond acceptors (Lipinski definition) is 4. The molecule has 0 saturated heterocycles. The fraction of sp³-hybridized carbons (Fsp3) is 0.0556. The number of halogens is 1. The predicted octanol–water partition coefficient (Wildman–Crippen LogP) is 4.46. The fourth-order valence-corrected chi connectivity index (χ4v) is 2.72. The fourth-order valence-electron chi connectivity index (χ4n) is 2.51. The van der Waals surface area contributed by atoms with Gasteiger partial charge in [-0.15, -0.1) is 10.2 Å². The minimum Gasteiger partial charge on any atom is -0.416 e. The van der Waals surface area contributed by atoms with Gasteiger partial charge in [0.05, 0.1) is 0 Å². The van der Waals surface area contributed by atoms with E-state index >= 15 is 0 Å². The minimum absolute atomic E-state index is 0.353. The molecule has 0 radical (unpaired) electrons. The van der Waals surface area contributed by atoms with Crippen LogP contribution < -0.4 is 0 Å². The van der Waals surface area contributed by atoms with Crippen LogP contribution in [-0.4, -0.2) is 20.0 Å². The maximum Gasteiger partial charge on any atom is 0.253 e. The van der Waals surface area contributed by atoms with Crippen LogP contribution in [0.3, 0.4) is 0 Å². The Morgan fingerprint density at radius 1 is 0.833 bits per heavy atom. The van der Waals surface area contributed by atoms with Crippen molar-refractivity contribution in [2.24, 2.45) is 7.05 Å². The van der Waals surface area contributed by atoms with Crippen molar-refractivity contribution in [3.8, 4) is 34.2 Å². The Morgan fingerprint density at radius 3 is 2.08 bits per heavy atom. The van der Waals surface area contributed by atoms with Gasteiger partial charge in [0, 0.05) is 18.2 Å². The quantitative estimate of drug-likeness (QED) is 0.554. The van der Waals surface area contributed by atoms with Gasteiger partial charge in [0.15, 0.2) is 0 Å². The molecule has 4 rings (SSSR count). The molecule has 0 atom stereocenters. The number of nitrogens with zero attached hydrogens (tertiary/aromatic N) is 4. The Kier molecular flexibility index (Phi) is 3.63. The van der Waals surface area contributed by atoms with E-state index in [1.807, 2.05) is 60.7 Å². The lowest BCUT2D eigenvalue weighted by atomic mass is 10.1. The average molecular weight is 337 g/mol. The van der Waals surface area contributed by atoms with Crippen LogP contribution >= 0.6 is 11.6 Å². The summed E-state index contributed by atoms with van der Waals surface area (Å²) in [5.41, 5.74) is 3.15. The molecule has 2 heterocycles. The van der Waals surface area contributed by atoms with Crippen molar-refractivity contribution in [2.75, 3.05) is 0 Å². The van der Waals surface area contributed by atoms with Crippen LogP contribution in [0.15, 0.2) is 65.1 Å². The Hall–Kier alpha value is -2.92. The molecule has 24 heavy (non-hydrogen) atoms. The normalized spacial score (nSPS) is 10.9. The van der Waals surface area contributed by atoms with Crippen molar-refractivity contribution in [2.45, 2.75) is 0 Å². The van der Waals surface area contributed by atoms with Crippen LogP contribution in [0, 0.1) is 0 Å². The highest BCUT2D eigenvalue weighted by Gasteiger charge is 2.23. The smallest absolute Gasteiger partial charge is 0.253 e. The zero-order valence-electron chi connectivity index (χ0n) is 12.8. The molecule has 0 fully saturated rings. The summed E-state index contributed by atoms with van der Waals surface area (Å²) in [7, 11) is 1.78. The van der Waals surface area contributed by atoms with Crippen molar-refractivity contribution >= 4 is 11.6 Å². The van der Waals surface area contributed by atoms with Gasteiger partial charge in [-0.05, 0) is 12.1 Å². The molecule has 0 aliphatic heterocycles. The summed E-state index contributed by atoms with van der Waals surface area (Å²) in [6, 6.07) is 19.4. The van der Waals surface area contributed by atoms with E-state index < -0.39 is 0 Å². The van der Waals surface area contributed by atoms with E-state index in [2.05, 4.69) is 15.3 Å². The van der Waals surface area contributed by atoms with Crippen LogP contribution in [0.1, 0.15) is 0 Å². The Morgan fingerprint density at radius 2 is 1.42 bits per heavy atom. The number of hydrogen-bond donors (Lipinski definition) is 0. The van der Waals surface area contributed by atoms with E-state index in [1.54, 1.807) is 11.7 Å². The first-order chi connectivity index (χ1) is 11.7. The molecular weight excluding hydrogens is 324 g/mol. The van der Waals surface area contributed by atoms with E-state index in [0.717, 1.165) is 11.1 Å². The number of benzene rings is 2. The lowest BCUT2D eigenvalue weighted by molar-refractivity contribution is 0.584. The van der Waals surface area contributed by atoms with Gasteiger partial charge in [0.2, 0.25) is 5.89 Å². The van der Waals surface area contributed by atoms with Crippen LogP contribution in [-0.2, 0) is 7.05 Å². The van der Waals surface area contributed by atoms with E-state index in [0.29, 0.717) is 28.2 Å². The highest BCUT2D eigenvalue weighted by molar-refractivity contribution is 6.32. The van der Waals surface area contributed by atoms with Gasteiger partial charge in [-0.3, -0.25) is 4.68 Å². The lowest BCUT2D eigenvalue weighted by Crippen LogP contribution is -1.89. The molecule has 118 valence electrons. The zero-order chi connectivity index (χ0) is 16.5. The summed E-state index contributed by atoms with van der Waals surface area (Å²) >= 11 is 6.43. The molecule has 0 aliphatic carbocycles. The van der Waals surface area contributed by atoms with Crippen molar-refractivity contribution < 1.29 is 4.42 Å². The second kappa shape index (κ2) is 5.94. The number of aryl methyl sites for hydroxylation is 1. The SMILES string of the molecule is Cn1nc(-c2ccccc2)c(-c2nnc(-c3ccccc3)o2)c1Cl. The molecule has 4 aromatic rings. The Labute approximate surface area is 143 Å². The zero-order valence-corrected chi connectivity index (χ0v) is 13.6. The molecule has 2 aromatic carbocycles. The third-order valence-corrected chi connectivity index (χ3v) is 4.12. The summed E-state index contributed by atoms with van der Waals surface area (Å²) in [5.74, 6) is 0.801. The molecule has 0 bridgehead atoms. The van der Waals surface area contributed by atoms with Gasteiger partial charge in [-0.25, -0.2) is 0 Å². The first-order valence-corrected chi connectivity index (χ1v) is 7.79. The van der Waals surface area contributed by atoms with Crippen LogP contribution in [0.2, 0.25) is 5.15 Å². The third kappa shape index (κ3) is 2.49. The van der Waals surface area contributed by atoms with Crippen molar-refractivity contribution in [3.63, 3.8) is 0 Å². The summed E-state index contributed by atoms with van der Waals surface area (Å²) in [4.78, 5) is 0. The first kappa shape index (κ1) is 14.7. The van der Waals surface area contributed by atoms with E-state index in [1.165, 1.54) is 0 Å². The van der Waals surface area contributed by atoms with Crippen molar-refractivity contribution in [1.29, 1.82) is 0 Å². The predicted molar refractivity (Wildman–Crippen MR) is 92.4 cm³/mol. The van der Waals surface area contributed by atoms with Gasteiger partial charge >= 0.3 is 0 Å². The monoisotopic (exact) mass is 336 g/mol. The number of rotatable bonds is 3. The van der Waals surface area contributed by atoms with Crippen LogP contribution in [0.25, 0.3) is 34.2 Å². The molecule has 0 N–H and O–H groups in total. The molecule has 0 aliphatic rings. The van der Waals surface area contributed by atoms with Gasteiger partial charge in [0.25, 0.3) is 5.89 Å². The van der Waals surface area contributed by atoms with E-state index in [9.17, 15) is 0 Å². The summed E-state index contributed by atoms with van der Waals surface area (Å²) in [6.07, 6.45) is 0. The third-order valence-electron chi connectivity index (χ3n) is 3.68. The van der Waals surface area contributed by atoms with Crippen molar-refractivity contribution in [1.82, 2.24) is 20.0 Å². The largest absolute Gasteiger partial charge is 0.416 e. The molecule has 6 heteroatoms. The highest BCUT2D eigenvalue weighted by atomic mass is 35.5. The van der Waals surface area contributed by atoms with E-state index in [4.69, 9.17) is 16.0 Å². The molecule has 2 aromatic heterocycles. The second-order valence-electron chi connectivity index (χ2n) is 5.28. The van der Waals surface area contributed by atoms with Crippen LogP contribution in [0.4, 0.5) is 0 Å². The highest BCUT2D eigenvalue weighted by Crippen LogP contribution is 2.37. The second-order valence-corrected chi connectivity index (χ2v) is 5.64. The van der Waals surface area contributed by atoms with Crippen LogP contribution in [0.5, 0.6) is 0 Å². The van der Waals surface area contributed by atoms with Gasteiger partial charge in [0.1, 0.15) is 16.4 Å². The standard InChI is InChI=1S/C18H13ClN4O/c1-23-16(19)14(15(22-23)12-8-4-2-5-9-12)18-21-20-17(24-18)13-10-6-3-7-11-13/h2-11H,1H3. The van der Waals surface area contributed by atoms with Gasteiger partial charge in [-0.1, -0.05) is 60.1 Å². The topological polar surface area (TPSA) is 56.7 Å². The maximum atomic E-state index is 6.43. The van der Waals surface area contributed by atoms with Crippen molar-refractivity contribution in [3.05, 3.63) is 65.8 Å². The van der Waals surface area contributed by atoms with Gasteiger partial charge in [-0.2, -0.15) is 5.10 Å². The van der Waals surface area contributed by atoms with Gasteiger partial charge < -0.3 is 4.42 Å².